The van der Waals surface area contributed by atoms with Crippen LogP contribution in [0.2, 0.25) is 0 Å². The summed E-state index contributed by atoms with van der Waals surface area (Å²) >= 11 is 1.83. The van der Waals surface area contributed by atoms with E-state index in [1.807, 2.05) is 30.0 Å². The van der Waals surface area contributed by atoms with Gasteiger partial charge in [-0.1, -0.05) is 11.8 Å². The first-order valence-corrected chi connectivity index (χ1v) is 7.71. The molecule has 0 bridgehead atoms. The Bertz CT molecular complexity index is 549. The van der Waals surface area contributed by atoms with Crippen LogP contribution >= 0.6 is 11.8 Å². The summed E-state index contributed by atoms with van der Waals surface area (Å²) in [5.74, 6) is 2.83. The van der Waals surface area contributed by atoms with Crippen molar-refractivity contribution in [1.29, 1.82) is 0 Å². The molecule has 1 aromatic carbocycles. The zero-order valence-electron chi connectivity index (χ0n) is 11.1. The molecule has 2 aromatic rings. The predicted octanol–water partition coefficient (Wildman–Crippen LogP) is 2.66. The summed E-state index contributed by atoms with van der Waals surface area (Å²) < 4.78 is 5.23. The molecular formula is C14H19N3OS. The van der Waals surface area contributed by atoms with Crippen LogP contribution in [0.3, 0.4) is 0 Å². The molecule has 0 aliphatic carbocycles. The van der Waals surface area contributed by atoms with Gasteiger partial charge in [0.2, 0.25) is 0 Å². The summed E-state index contributed by atoms with van der Waals surface area (Å²) in [6.07, 6.45) is 2.56. The van der Waals surface area contributed by atoms with E-state index in [1.54, 1.807) is 7.11 Å². The number of thioether (sulfide) groups is 1. The van der Waals surface area contributed by atoms with E-state index < -0.39 is 0 Å². The Labute approximate surface area is 117 Å². The fourth-order valence-electron chi connectivity index (χ4n) is 2.41. The van der Waals surface area contributed by atoms with Gasteiger partial charge in [0, 0.05) is 11.8 Å². The highest BCUT2D eigenvalue weighted by molar-refractivity contribution is 7.99. The largest absolute Gasteiger partial charge is 0.497 e. The number of fused-ring (bicyclic) bond motifs is 1. The number of methoxy groups -OCH3 is 1. The lowest BCUT2D eigenvalue weighted by Gasteiger charge is -2.21. The number of hydrogen-bond acceptors (Lipinski definition) is 4. The minimum Gasteiger partial charge on any atom is -0.497 e. The van der Waals surface area contributed by atoms with Crippen molar-refractivity contribution in [1.82, 2.24) is 15.3 Å². The lowest BCUT2D eigenvalue weighted by molar-refractivity contribution is 0.407. The molecule has 5 heteroatoms. The van der Waals surface area contributed by atoms with Crippen LogP contribution in [0.4, 0.5) is 0 Å². The van der Waals surface area contributed by atoms with Crippen molar-refractivity contribution in [2.75, 3.05) is 26.0 Å². The van der Waals surface area contributed by atoms with Gasteiger partial charge in [0.1, 0.15) is 5.75 Å². The number of nitrogens with one attached hydrogen (secondary N) is 2. The van der Waals surface area contributed by atoms with Gasteiger partial charge in [-0.05, 0) is 44.0 Å². The Hall–Kier alpha value is -1.20. The molecule has 3 rings (SSSR count). The molecule has 1 saturated heterocycles. The number of ether oxygens (including phenoxy) is 1. The molecule has 102 valence electrons. The van der Waals surface area contributed by atoms with Gasteiger partial charge in [0.15, 0.2) is 5.16 Å². The SMILES string of the molecule is COc1ccc2nc(SCC3CCNCC3)[nH]c2c1. The third kappa shape index (κ3) is 3.04. The smallest absolute Gasteiger partial charge is 0.166 e. The predicted molar refractivity (Wildman–Crippen MR) is 79.0 cm³/mol. The van der Waals surface area contributed by atoms with Crippen molar-refractivity contribution in [2.24, 2.45) is 5.92 Å². The lowest BCUT2D eigenvalue weighted by atomic mass is 10.0. The molecule has 0 unspecified atom stereocenters. The summed E-state index contributed by atoms with van der Waals surface area (Å²) in [6, 6.07) is 5.95. The van der Waals surface area contributed by atoms with E-state index in [2.05, 4.69) is 15.3 Å². The Morgan fingerprint density at radius 2 is 2.21 bits per heavy atom. The molecule has 1 aliphatic rings. The van der Waals surface area contributed by atoms with E-state index in [-0.39, 0.29) is 0 Å². The van der Waals surface area contributed by atoms with Crippen molar-refractivity contribution in [3.05, 3.63) is 18.2 Å². The van der Waals surface area contributed by atoms with Gasteiger partial charge in [-0.2, -0.15) is 0 Å². The standard InChI is InChI=1S/C14H19N3OS/c1-18-11-2-3-12-13(8-11)17-14(16-12)19-9-10-4-6-15-7-5-10/h2-3,8,10,15H,4-7,9H2,1H3,(H,16,17). The van der Waals surface area contributed by atoms with Crippen LogP contribution in [0.1, 0.15) is 12.8 Å². The van der Waals surface area contributed by atoms with Crippen LogP contribution in [-0.4, -0.2) is 35.9 Å². The maximum absolute atomic E-state index is 5.23. The first-order valence-electron chi connectivity index (χ1n) is 6.72. The molecule has 1 aromatic heterocycles. The number of H-pyrrole nitrogens is 1. The Morgan fingerprint density at radius 1 is 1.37 bits per heavy atom. The minimum absolute atomic E-state index is 0.814. The van der Waals surface area contributed by atoms with Crippen molar-refractivity contribution in [3.63, 3.8) is 0 Å². The minimum atomic E-state index is 0.814. The molecule has 2 heterocycles. The van der Waals surface area contributed by atoms with Crippen molar-refractivity contribution < 1.29 is 4.74 Å². The summed E-state index contributed by atoms with van der Waals surface area (Å²) in [6.45, 7) is 2.31. The molecule has 0 radical (unpaired) electrons. The highest BCUT2D eigenvalue weighted by Gasteiger charge is 2.14. The van der Waals surface area contributed by atoms with Crippen molar-refractivity contribution >= 4 is 22.8 Å². The monoisotopic (exact) mass is 277 g/mol. The third-order valence-corrected chi connectivity index (χ3v) is 4.69. The molecule has 19 heavy (non-hydrogen) atoms. The van der Waals surface area contributed by atoms with Gasteiger partial charge in [-0.15, -0.1) is 0 Å². The van der Waals surface area contributed by atoms with Gasteiger partial charge in [-0.3, -0.25) is 0 Å². The van der Waals surface area contributed by atoms with Gasteiger partial charge < -0.3 is 15.0 Å². The Morgan fingerprint density at radius 3 is 3.00 bits per heavy atom. The second-order valence-electron chi connectivity index (χ2n) is 4.93. The number of benzene rings is 1. The molecule has 4 nitrogen and oxygen atoms in total. The van der Waals surface area contributed by atoms with E-state index in [4.69, 9.17) is 4.74 Å². The molecule has 2 N–H and O–H groups in total. The van der Waals surface area contributed by atoms with Crippen LogP contribution in [0.5, 0.6) is 5.75 Å². The van der Waals surface area contributed by atoms with Crippen LogP contribution in [0, 0.1) is 5.92 Å². The first-order chi connectivity index (χ1) is 9.35. The number of aromatic nitrogens is 2. The average molecular weight is 277 g/mol. The highest BCUT2D eigenvalue weighted by Crippen LogP contribution is 2.26. The zero-order chi connectivity index (χ0) is 13.1. The topological polar surface area (TPSA) is 49.9 Å². The van der Waals surface area contributed by atoms with E-state index in [1.165, 1.54) is 12.8 Å². The molecular weight excluding hydrogens is 258 g/mol. The van der Waals surface area contributed by atoms with E-state index in [9.17, 15) is 0 Å². The summed E-state index contributed by atoms with van der Waals surface area (Å²) in [4.78, 5) is 7.97. The highest BCUT2D eigenvalue weighted by atomic mass is 32.2. The second kappa shape index (κ2) is 5.84. The van der Waals surface area contributed by atoms with Gasteiger partial charge >= 0.3 is 0 Å². The normalized spacial score (nSPS) is 16.9. The fourth-order valence-corrected chi connectivity index (χ4v) is 3.48. The number of aromatic amines is 1. The van der Waals surface area contributed by atoms with E-state index in [0.717, 1.165) is 46.7 Å². The zero-order valence-corrected chi connectivity index (χ0v) is 11.9. The van der Waals surface area contributed by atoms with Crippen LogP contribution in [0.15, 0.2) is 23.4 Å². The van der Waals surface area contributed by atoms with Crippen LogP contribution in [0.25, 0.3) is 11.0 Å². The first kappa shape index (κ1) is 12.8. The summed E-state index contributed by atoms with van der Waals surface area (Å²) in [5, 5.41) is 4.42. The quantitative estimate of drug-likeness (QED) is 0.844. The van der Waals surface area contributed by atoms with Crippen LogP contribution < -0.4 is 10.1 Å². The summed E-state index contributed by atoms with van der Waals surface area (Å²) in [5.41, 5.74) is 2.06. The molecule has 1 aliphatic heterocycles. The lowest BCUT2D eigenvalue weighted by Crippen LogP contribution is -2.28. The molecule has 0 atom stereocenters. The van der Waals surface area contributed by atoms with E-state index >= 15 is 0 Å². The van der Waals surface area contributed by atoms with Crippen LogP contribution in [-0.2, 0) is 0 Å². The summed E-state index contributed by atoms with van der Waals surface area (Å²) in [7, 11) is 1.68. The molecule has 1 fully saturated rings. The number of imidazole rings is 1. The maximum atomic E-state index is 5.23. The second-order valence-corrected chi connectivity index (χ2v) is 5.94. The molecule has 0 spiro atoms. The maximum Gasteiger partial charge on any atom is 0.166 e. The fraction of sp³-hybridized carbons (Fsp3) is 0.500. The number of nitrogens with zero attached hydrogens (tertiary/aromatic N) is 1. The number of hydrogen-bond donors (Lipinski definition) is 2. The van der Waals surface area contributed by atoms with Crippen molar-refractivity contribution in [3.8, 4) is 5.75 Å². The van der Waals surface area contributed by atoms with Gasteiger partial charge in [0.25, 0.3) is 0 Å². The Balaban J connectivity index is 1.67. The molecule has 0 saturated carbocycles. The van der Waals surface area contributed by atoms with Gasteiger partial charge in [0.05, 0.1) is 18.1 Å². The average Bonchev–Trinajstić information content (AvgIpc) is 2.88. The number of piperidine rings is 1. The third-order valence-electron chi connectivity index (χ3n) is 3.58. The van der Waals surface area contributed by atoms with E-state index in [0.29, 0.717) is 0 Å². The number of rotatable bonds is 4. The molecule has 0 amide bonds. The van der Waals surface area contributed by atoms with Crippen molar-refractivity contribution in [2.45, 2.75) is 18.0 Å². The Kier molecular flexibility index (Phi) is 3.94. The van der Waals surface area contributed by atoms with Gasteiger partial charge in [-0.25, -0.2) is 4.98 Å².